The lowest BCUT2D eigenvalue weighted by atomic mass is 10.0. The fraction of sp³-hybridized carbons (Fsp3) is 0.310. The summed E-state index contributed by atoms with van der Waals surface area (Å²) >= 11 is 3.47. The number of benzene rings is 3. The van der Waals surface area contributed by atoms with Gasteiger partial charge in [-0.25, -0.2) is 4.31 Å². The molecule has 208 valence electrons. The maximum atomic E-state index is 14.1. The Kier molecular flexibility index (Phi) is 10.3. The number of nitrogens with zero attached hydrogens (tertiary/aromatic N) is 3. The first kappa shape index (κ1) is 30.3. The molecule has 0 aromatic heterocycles. The SMILES string of the molecule is CNC(=O)C(Cc1ccccc1)N(Cc1cccc(Br)c1)C(=O)CN(c1cc(C)ccc1C)S(=O)(=O)N(C)C. The molecule has 0 radical (unpaired) electrons. The van der Waals surface area contributed by atoms with Gasteiger partial charge in [0.1, 0.15) is 12.6 Å². The van der Waals surface area contributed by atoms with Crippen LogP contribution in [0.1, 0.15) is 22.3 Å². The number of halogens is 1. The van der Waals surface area contributed by atoms with Crippen LogP contribution in [-0.2, 0) is 32.8 Å². The summed E-state index contributed by atoms with van der Waals surface area (Å²) in [6, 6.07) is 21.5. The van der Waals surface area contributed by atoms with Crippen molar-refractivity contribution < 1.29 is 18.0 Å². The van der Waals surface area contributed by atoms with Crippen LogP contribution in [0.5, 0.6) is 0 Å². The summed E-state index contributed by atoms with van der Waals surface area (Å²) in [7, 11) is 0.351. The third kappa shape index (κ3) is 7.68. The van der Waals surface area contributed by atoms with Gasteiger partial charge in [0.15, 0.2) is 0 Å². The standard InChI is InChI=1S/C29H35BrN4O4S/c1-21-14-15-22(2)26(16-21)34(39(37,38)32(4)5)20-28(35)33(19-24-12-9-13-25(30)17-24)27(29(36)31-3)18-23-10-7-6-8-11-23/h6-17,27H,18-20H2,1-5H3,(H,31,36). The van der Waals surface area contributed by atoms with E-state index in [9.17, 15) is 18.0 Å². The number of likely N-dealkylation sites (N-methyl/N-ethyl adjacent to an activating group) is 1. The van der Waals surface area contributed by atoms with E-state index in [0.717, 1.165) is 29.8 Å². The Bertz CT molecular complexity index is 1410. The summed E-state index contributed by atoms with van der Waals surface area (Å²) in [5.41, 5.74) is 3.67. The number of carbonyl (C=O) groups excluding carboxylic acids is 2. The van der Waals surface area contributed by atoms with E-state index < -0.39 is 28.7 Å². The molecule has 10 heteroatoms. The number of aryl methyl sites for hydroxylation is 2. The Hall–Kier alpha value is -3.21. The van der Waals surface area contributed by atoms with Crippen LogP contribution in [0.25, 0.3) is 0 Å². The number of hydrogen-bond acceptors (Lipinski definition) is 4. The number of carbonyl (C=O) groups is 2. The van der Waals surface area contributed by atoms with Crippen LogP contribution in [0.2, 0.25) is 0 Å². The van der Waals surface area contributed by atoms with E-state index in [0.29, 0.717) is 11.3 Å². The van der Waals surface area contributed by atoms with E-state index in [1.807, 2.05) is 73.7 Å². The zero-order chi connectivity index (χ0) is 28.7. The summed E-state index contributed by atoms with van der Waals surface area (Å²) in [4.78, 5) is 28.8. The van der Waals surface area contributed by atoms with Gasteiger partial charge in [0.25, 0.3) is 0 Å². The van der Waals surface area contributed by atoms with Crippen LogP contribution in [0.15, 0.2) is 77.3 Å². The molecule has 2 amide bonds. The summed E-state index contributed by atoms with van der Waals surface area (Å²) in [5, 5.41) is 2.69. The molecule has 0 bridgehead atoms. The third-order valence-electron chi connectivity index (χ3n) is 6.41. The highest BCUT2D eigenvalue weighted by atomic mass is 79.9. The van der Waals surface area contributed by atoms with Gasteiger partial charge in [-0.1, -0.05) is 70.5 Å². The smallest absolute Gasteiger partial charge is 0.304 e. The van der Waals surface area contributed by atoms with Crippen molar-refractivity contribution >= 4 is 43.6 Å². The van der Waals surface area contributed by atoms with Crippen LogP contribution >= 0.6 is 15.9 Å². The molecule has 0 saturated carbocycles. The van der Waals surface area contributed by atoms with Crippen LogP contribution in [0.3, 0.4) is 0 Å². The average molecular weight is 616 g/mol. The predicted molar refractivity (Wildman–Crippen MR) is 159 cm³/mol. The van der Waals surface area contributed by atoms with Gasteiger partial charge >= 0.3 is 10.2 Å². The highest BCUT2D eigenvalue weighted by molar-refractivity contribution is 9.10. The Balaban J connectivity index is 2.10. The Labute approximate surface area is 239 Å². The molecule has 3 rings (SSSR count). The van der Waals surface area contributed by atoms with Crippen LogP contribution in [0.4, 0.5) is 5.69 Å². The molecular formula is C29H35BrN4O4S. The fourth-order valence-electron chi connectivity index (χ4n) is 4.24. The van der Waals surface area contributed by atoms with Crippen LogP contribution in [0, 0.1) is 13.8 Å². The highest BCUT2D eigenvalue weighted by Crippen LogP contribution is 2.26. The average Bonchev–Trinajstić information content (AvgIpc) is 2.90. The summed E-state index contributed by atoms with van der Waals surface area (Å²) in [6.07, 6.45) is 0.268. The minimum atomic E-state index is -4.04. The Morgan fingerprint density at radius 2 is 1.59 bits per heavy atom. The summed E-state index contributed by atoms with van der Waals surface area (Å²) < 4.78 is 30.0. The number of hydrogen-bond donors (Lipinski definition) is 1. The van der Waals surface area contributed by atoms with Gasteiger partial charge in [0.2, 0.25) is 11.8 Å². The lowest BCUT2D eigenvalue weighted by molar-refractivity contribution is -0.139. The van der Waals surface area contributed by atoms with Crippen molar-refractivity contribution in [3.8, 4) is 0 Å². The molecule has 39 heavy (non-hydrogen) atoms. The van der Waals surface area contributed by atoms with Crippen molar-refractivity contribution in [2.75, 3.05) is 32.0 Å². The monoisotopic (exact) mass is 614 g/mol. The van der Waals surface area contributed by atoms with E-state index in [2.05, 4.69) is 21.2 Å². The molecule has 0 heterocycles. The third-order valence-corrected chi connectivity index (χ3v) is 8.71. The Morgan fingerprint density at radius 1 is 0.923 bits per heavy atom. The predicted octanol–water partition coefficient (Wildman–Crippen LogP) is 4.06. The maximum Gasteiger partial charge on any atom is 0.304 e. The first-order valence-electron chi connectivity index (χ1n) is 12.5. The van der Waals surface area contributed by atoms with Gasteiger partial charge < -0.3 is 10.2 Å². The molecule has 0 aliphatic heterocycles. The van der Waals surface area contributed by atoms with Crippen molar-refractivity contribution in [2.24, 2.45) is 0 Å². The van der Waals surface area contributed by atoms with Gasteiger partial charge in [-0.05, 0) is 54.3 Å². The van der Waals surface area contributed by atoms with E-state index >= 15 is 0 Å². The number of amides is 2. The molecule has 0 saturated heterocycles. The van der Waals surface area contributed by atoms with Crippen molar-refractivity contribution in [1.29, 1.82) is 0 Å². The fourth-order valence-corrected chi connectivity index (χ4v) is 5.80. The lowest BCUT2D eigenvalue weighted by Gasteiger charge is -2.34. The van der Waals surface area contributed by atoms with E-state index in [-0.39, 0.29) is 18.9 Å². The second kappa shape index (κ2) is 13.2. The molecule has 1 atom stereocenters. The van der Waals surface area contributed by atoms with Crippen LogP contribution < -0.4 is 9.62 Å². The molecule has 3 aromatic rings. The molecule has 1 unspecified atom stereocenters. The van der Waals surface area contributed by atoms with E-state index in [4.69, 9.17) is 0 Å². The first-order chi connectivity index (χ1) is 18.4. The Morgan fingerprint density at radius 3 is 2.21 bits per heavy atom. The quantitative estimate of drug-likeness (QED) is 0.353. The van der Waals surface area contributed by atoms with E-state index in [1.165, 1.54) is 26.0 Å². The minimum absolute atomic E-state index is 0.117. The van der Waals surface area contributed by atoms with Gasteiger partial charge in [-0.15, -0.1) is 0 Å². The second-order valence-electron chi connectivity index (χ2n) is 9.56. The summed E-state index contributed by atoms with van der Waals surface area (Å²) in [6.45, 7) is 3.32. The normalized spacial score (nSPS) is 12.2. The van der Waals surface area contributed by atoms with Gasteiger partial charge in [-0.3, -0.25) is 9.59 Å². The molecule has 0 spiro atoms. The largest absolute Gasteiger partial charge is 0.357 e. The molecule has 0 aliphatic carbocycles. The first-order valence-corrected chi connectivity index (χ1v) is 14.7. The lowest BCUT2D eigenvalue weighted by Crippen LogP contribution is -2.54. The van der Waals surface area contributed by atoms with Gasteiger partial charge in [-0.2, -0.15) is 12.7 Å². The molecule has 8 nitrogen and oxygen atoms in total. The molecule has 0 aliphatic rings. The highest BCUT2D eigenvalue weighted by Gasteiger charge is 2.34. The van der Waals surface area contributed by atoms with Crippen molar-refractivity contribution in [2.45, 2.75) is 32.9 Å². The maximum absolute atomic E-state index is 14.1. The zero-order valence-corrected chi connectivity index (χ0v) is 25.3. The number of rotatable bonds is 11. The second-order valence-corrected chi connectivity index (χ2v) is 12.5. The molecule has 0 fully saturated rings. The van der Waals surface area contributed by atoms with Crippen molar-refractivity contribution in [3.63, 3.8) is 0 Å². The van der Waals surface area contributed by atoms with Crippen LogP contribution in [-0.4, -0.2) is 63.2 Å². The van der Waals surface area contributed by atoms with Gasteiger partial charge in [0.05, 0.1) is 5.69 Å². The molecule has 1 N–H and O–H groups in total. The zero-order valence-electron chi connectivity index (χ0n) is 22.9. The minimum Gasteiger partial charge on any atom is -0.357 e. The van der Waals surface area contributed by atoms with E-state index in [1.54, 1.807) is 13.0 Å². The number of anilines is 1. The topological polar surface area (TPSA) is 90.0 Å². The van der Waals surface area contributed by atoms with Gasteiger partial charge in [0, 0.05) is 38.6 Å². The van der Waals surface area contributed by atoms with Crippen molar-refractivity contribution in [3.05, 3.63) is 99.5 Å². The van der Waals surface area contributed by atoms with Crippen molar-refractivity contribution in [1.82, 2.24) is 14.5 Å². The summed E-state index contributed by atoms with van der Waals surface area (Å²) in [5.74, 6) is -0.832. The number of nitrogens with one attached hydrogen (secondary N) is 1. The molecule has 3 aromatic carbocycles. The molecular weight excluding hydrogens is 580 g/mol.